The summed E-state index contributed by atoms with van der Waals surface area (Å²) in [7, 11) is 1.98. The van der Waals surface area contributed by atoms with Crippen LogP contribution in [0.25, 0.3) is 0 Å². The summed E-state index contributed by atoms with van der Waals surface area (Å²) in [5.74, 6) is 0.0340. The maximum absolute atomic E-state index is 12.4. The van der Waals surface area contributed by atoms with Gasteiger partial charge < -0.3 is 5.32 Å². The van der Waals surface area contributed by atoms with Crippen molar-refractivity contribution < 1.29 is 4.79 Å². The lowest BCUT2D eigenvalue weighted by Gasteiger charge is -2.18. The van der Waals surface area contributed by atoms with Crippen LogP contribution in [0.15, 0.2) is 42.5 Å². The number of hydrogen-bond acceptors (Lipinski definition) is 2. The Labute approximate surface area is 145 Å². The summed E-state index contributed by atoms with van der Waals surface area (Å²) in [6.45, 7) is 7.45. The number of hydrogen-bond donors (Lipinski definition) is 1. The number of nitrogens with zero attached hydrogens (tertiary/aromatic N) is 1. The largest absolute Gasteiger partial charge is 0.324 e. The lowest BCUT2D eigenvalue weighted by molar-refractivity contribution is -0.117. The smallest absolute Gasteiger partial charge is 0.238 e. The Kier molecular flexibility index (Phi) is 6.56. The van der Waals surface area contributed by atoms with Gasteiger partial charge in [0, 0.05) is 12.2 Å². The summed E-state index contributed by atoms with van der Waals surface area (Å²) in [4.78, 5) is 14.4. The zero-order valence-electron chi connectivity index (χ0n) is 15.2. The molecule has 3 heteroatoms. The Morgan fingerprint density at radius 1 is 1.00 bits per heavy atom. The molecule has 0 saturated heterocycles. The quantitative estimate of drug-likeness (QED) is 0.828. The molecule has 0 radical (unpaired) electrons. The molecular formula is C21H28N2O. The first-order valence-corrected chi connectivity index (χ1v) is 8.68. The normalized spacial score (nSPS) is 10.9. The molecule has 0 fully saturated rings. The minimum Gasteiger partial charge on any atom is -0.324 e. The van der Waals surface area contributed by atoms with E-state index in [0.717, 1.165) is 30.6 Å². The monoisotopic (exact) mass is 324 g/mol. The summed E-state index contributed by atoms with van der Waals surface area (Å²) in [5, 5.41) is 3.08. The Hall–Kier alpha value is -2.13. The maximum atomic E-state index is 12.4. The van der Waals surface area contributed by atoms with Crippen LogP contribution in [-0.2, 0) is 24.2 Å². The van der Waals surface area contributed by atoms with Crippen molar-refractivity contribution in [3.8, 4) is 0 Å². The molecule has 0 aliphatic carbocycles. The Balaban J connectivity index is 1.94. The Morgan fingerprint density at radius 2 is 1.67 bits per heavy atom. The lowest BCUT2D eigenvalue weighted by atomic mass is 10.1. The van der Waals surface area contributed by atoms with Crippen molar-refractivity contribution in [3.63, 3.8) is 0 Å². The number of benzene rings is 2. The molecule has 0 bridgehead atoms. The zero-order valence-corrected chi connectivity index (χ0v) is 15.2. The molecule has 2 aromatic rings. The molecule has 1 N–H and O–H groups in total. The van der Waals surface area contributed by atoms with E-state index >= 15 is 0 Å². The van der Waals surface area contributed by atoms with Crippen LogP contribution < -0.4 is 5.32 Å². The molecule has 1 amide bonds. The van der Waals surface area contributed by atoms with Crippen LogP contribution in [0.4, 0.5) is 5.69 Å². The zero-order chi connectivity index (χ0) is 17.5. The summed E-state index contributed by atoms with van der Waals surface area (Å²) in [5.41, 5.74) is 5.82. The van der Waals surface area contributed by atoms with E-state index in [1.165, 1.54) is 16.7 Å². The number of anilines is 1. The van der Waals surface area contributed by atoms with Gasteiger partial charge in [0.25, 0.3) is 0 Å². The van der Waals surface area contributed by atoms with Gasteiger partial charge in [-0.2, -0.15) is 0 Å². The predicted molar refractivity (Wildman–Crippen MR) is 101 cm³/mol. The highest BCUT2D eigenvalue weighted by molar-refractivity contribution is 5.93. The van der Waals surface area contributed by atoms with E-state index in [-0.39, 0.29) is 5.91 Å². The molecule has 0 aliphatic rings. The van der Waals surface area contributed by atoms with E-state index in [9.17, 15) is 4.79 Å². The second kappa shape index (κ2) is 8.65. The highest BCUT2D eigenvalue weighted by Gasteiger charge is 2.11. The third kappa shape index (κ3) is 4.93. The van der Waals surface area contributed by atoms with Crippen LogP contribution in [-0.4, -0.2) is 24.4 Å². The van der Waals surface area contributed by atoms with Crippen LogP contribution in [0.1, 0.15) is 36.1 Å². The van der Waals surface area contributed by atoms with Crippen LogP contribution in [0.3, 0.4) is 0 Å². The van der Waals surface area contributed by atoms with Gasteiger partial charge in [-0.1, -0.05) is 56.3 Å². The minimum absolute atomic E-state index is 0.0340. The first-order valence-electron chi connectivity index (χ1n) is 8.68. The Morgan fingerprint density at radius 3 is 2.29 bits per heavy atom. The van der Waals surface area contributed by atoms with Gasteiger partial charge in [-0.3, -0.25) is 9.69 Å². The Bertz CT molecular complexity index is 677. The SMILES string of the molecule is CCc1ccc(CN(C)CC(=O)Nc2c(C)cccc2CC)cc1. The number of rotatable bonds is 7. The first kappa shape index (κ1) is 18.2. The van der Waals surface area contributed by atoms with Crippen molar-refractivity contribution in [2.75, 3.05) is 18.9 Å². The average molecular weight is 324 g/mol. The number of nitrogens with one attached hydrogen (secondary N) is 1. The minimum atomic E-state index is 0.0340. The number of amides is 1. The molecule has 0 saturated carbocycles. The number of likely N-dealkylation sites (N-methyl/N-ethyl adjacent to an activating group) is 1. The van der Waals surface area contributed by atoms with E-state index in [0.29, 0.717) is 6.54 Å². The van der Waals surface area contributed by atoms with Crippen molar-refractivity contribution in [1.82, 2.24) is 4.90 Å². The van der Waals surface area contributed by atoms with E-state index in [1.807, 2.05) is 31.0 Å². The van der Waals surface area contributed by atoms with Gasteiger partial charge in [-0.15, -0.1) is 0 Å². The summed E-state index contributed by atoms with van der Waals surface area (Å²) in [6, 6.07) is 14.7. The molecule has 0 spiro atoms. The lowest BCUT2D eigenvalue weighted by Crippen LogP contribution is -2.30. The number of aryl methyl sites for hydroxylation is 3. The molecule has 2 aromatic carbocycles. The third-order valence-electron chi connectivity index (χ3n) is 4.30. The fraction of sp³-hybridized carbons (Fsp3) is 0.381. The van der Waals surface area contributed by atoms with E-state index in [4.69, 9.17) is 0 Å². The van der Waals surface area contributed by atoms with Crippen LogP contribution in [0, 0.1) is 6.92 Å². The third-order valence-corrected chi connectivity index (χ3v) is 4.30. The molecular weight excluding hydrogens is 296 g/mol. The predicted octanol–water partition coefficient (Wildman–Crippen LogP) is 4.19. The second-order valence-electron chi connectivity index (χ2n) is 6.35. The molecule has 2 rings (SSSR count). The van der Waals surface area contributed by atoms with Crippen LogP contribution in [0.5, 0.6) is 0 Å². The second-order valence-corrected chi connectivity index (χ2v) is 6.35. The van der Waals surface area contributed by atoms with Crippen molar-refractivity contribution in [2.24, 2.45) is 0 Å². The van der Waals surface area contributed by atoms with Gasteiger partial charge in [0.15, 0.2) is 0 Å². The molecule has 0 unspecified atom stereocenters. The fourth-order valence-corrected chi connectivity index (χ4v) is 2.87. The molecule has 24 heavy (non-hydrogen) atoms. The topological polar surface area (TPSA) is 32.3 Å². The molecule has 0 heterocycles. The number of carbonyl (C=O) groups excluding carboxylic acids is 1. The van der Waals surface area contributed by atoms with Gasteiger partial charge in [-0.25, -0.2) is 0 Å². The molecule has 0 aliphatic heterocycles. The highest BCUT2D eigenvalue weighted by atomic mass is 16.2. The van der Waals surface area contributed by atoms with E-state index in [1.54, 1.807) is 0 Å². The summed E-state index contributed by atoms with van der Waals surface area (Å²) < 4.78 is 0. The van der Waals surface area contributed by atoms with Crippen LogP contribution >= 0.6 is 0 Å². The molecule has 3 nitrogen and oxygen atoms in total. The van der Waals surface area contributed by atoms with Gasteiger partial charge >= 0.3 is 0 Å². The van der Waals surface area contributed by atoms with E-state index in [2.05, 4.69) is 49.5 Å². The highest BCUT2D eigenvalue weighted by Crippen LogP contribution is 2.21. The van der Waals surface area contributed by atoms with Gasteiger partial charge in [0.05, 0.1) is 6.54 Å². The number of carbonyl (C=O) groups is 1. The fourth-order valence-electron chi connectivity index (χ4n) is 2.87. The molecule has 128 valence electrons. The van der Waals surface area contributed by atoms with Crippen molar-refractivity contribution in [3.05, 3.63) is 64.7 Å². The van der Waals surface area contributed by atoms with E-state index < -0.39 is 0 Å². The molecule has 0 atom stereocenters. The standard InChI is InChI=1S/C21H28N2O/c1-5-17-10-12-18(13-11-17)14-23(4)15-20(24)22-21-16(3)8-7-9-19(21)6-2/h7-13H,5-6,14-15H2,1-4H3,(H,22,24). The van der Waals surface area contributed by atoms with Crippen molar-refractivity contribution in [2.45, 2.75) is 40.2 Å². The van der Waals surface area contributed by atoms with Crippen molar-refractivity contribution in [1.29, 1.82) is 0 Å². The van der Waals surface area contributed by atoms with Crippen molar-refractivity contribution >= 4 is 11.6 Å². The maximum Gasteiger partial charge on any atom is 0.238 e. The first-order chi connectivity index (χ1) is 11.5. The molecule has 0 aromatic heterocycles. The van der Waals surface area contributed by atoms with Gasteiger partial charge in [0.2, 0.25) is 5.91 Å². The van der Waals surface area contributed by atoms with Gasteiger partial charge in [-0.05, 0) is 49.1 Å². The number of para-hydroxylation sites is 1. The summed E-state index contributed by atoms with van der Waals surface area (Å²) in [6.07, 6.45) is 1.96. The summed E-state index contributed by atoms with van der Waals surface area (Å²) >= 11 is 0. The van der Waals surface area contributed by atoms with Crippen LogP contribution in [0.2, 0.25) is 0 Å². The average Bonchev–Trinajstić information content (AvgIpc) is 2.57. The van der Waals surface area contributed by atoms with Gasteiger partial charge in [0.1, 0.15) is 0 Å².